The summed E-state index contributed by atoms with van der Waals surface area (Å²) in [7, 11) is 2.14. The fourth-order valence-electron chi connectivity index (χ4n) is 2.14. The van der Waals surface area contributed by atoms with Crippen LogP contribution in [-0.2, 0) is 4.74 Å². The standard InChI is InChI=1S/C17H29ClN2O/c1-14(2)21-13-7-10-19-11-12-20(4)15(3)16-8-5-6-9-17(16)18/h5-6,8-9,14-15,19H,7,10-13H2,1-4H3. The van der Waals surface area contributed by atoms with Crippen molar-refractivity contribution in [1.82, 2.24) is 10.2 Å². The SMILES string of the molecule is CC(C)OCCCNCCN(C)C(C)c1ccccc1Cl. The van der Waals surface area contributed by atoms with Crippen LogP contribution in [0.5, 0.6) is 0 Å². The molecule has 0 aliphatic heterocycles. The Morgan fingerprint density at radius 1 is 1.19 bits per heavy atom. The Morgan fingerprint density at radius 3 is 2.57 bits per heavy atom. The van der Waals surface area contributed by atoms with E-state index in [1.165, 1.54) is 5.56 Å². The second-order valence-corrected chi connectivity index (χ2v) is 6.11. The molecule has 4 heteroatoms. The molecule has 0 aliphatic carbocycles. The van der Waals surface area contributed by atoms with Gasteiger partial charge in [0.25, 0.3) is 0 Å². The first kappa shape index (κ1) is 18.4. The Kier molecular flexibility index (Phi) is 8.93. The Morgan fingerprint density at radius 2 is 1.90 bits per heavy atom. The minimum atomic E-state index is 0.324. The zero-order valence-corrected chi connectivity index (χ0v) is 14.5. The minimum Gasteiger partial charge on any atom is -0.379 e. The van der Waals surface area contributed by atoms with Crippen molar-refractivity contribution in [2.24, 2.45) is 0 Å². The summed E-state index contributed by atoms with van der Waals surface area (Å²) < 4.78 is 5.51. The zero-order valence-electron chi connectivity index (χ0n) is 13.7. The van der Waals surface area contributed by atoms with Gasteiger partial charge in [0.1, 0.15) is 0 Å². The molecule has 0 aliphatic rings. The van der Waals surface area contributed by atoms with E-state index in [1.807, 2.05) is 18.2 Å². The van der Waals surface area contributed by atoms with E-state index in [0.29, 0.717) is 12.1 Å². The summed E-state index contributed by atoms with van der Waals surface area (Å²) in [5.41, 5.74) is 1.19. The number of nitrogens with zero attached hydrogens (tertiary/aromatic N) is 1. The van der Waals surface area contributed by atoms with Crippen LogP contribution in [0.1, 0.15) is 38.8 Å². The van der Waals surface area contributed by atoms with Gasteiger partial charge in [0.15, 0.2) is 0 Å². The van der Waals surface area contributed by atoms with Crippen molar-refractivity contribution in [1.29, 1.82) is 0 Å². The highest BCUT2D eigenvalue weighted by Gasteiger charge is 2.13. The number of nitrogens with one attached hydrogen (secondary N) is 1. The van der Waals surface area contributed by atoms with Gasteiger partial charge in [0.2, 0.25) is 0 Å². The van der Waals surface area contributed by atoms with E-state index in [0.717, 1.165) is 37.7 Å². The molecule has 0 radical (unpaired) electrons. The number of ether oxygens (including phenoxy) is 1. The van der Waals surface area contributed by atoms with Gasteiger partial charge in [-0.15, -0.1) is 0 Å². The van der Waals surface area contributed by atoms with Crippen LogP contribution in [0.25, 0.3) is 0 Å². The Balaban J connectivity index is 2.19. The number of halogens is 1. The molecule has 0 bridgehead atoms. The first-order valence-electron chi connectivity index (χ1n) is 7.79. The largest absolute Gasteiger partial charge is 0.379 e. The van der Waals surface area contributed by atoms with Gasteiger partial charge in [-0.2, -0.15) is 0 Å². The van der Waals surface area contributed by atoms with Gasteiger partial charge in [-0.05, 0) is 52.4 Å². The van der Waals surface area contributed by atoms with Gasteiger partial charge in [-0.1, -0.05) is 29.8 Å². The highest BCUT2D eigenvalue weighted by Crippen LogP contribution is 2.25. The summed E-state index contributed by atoms with van der Waals surface area (Å²) in [4.78, 5) is 2.32. The molecule has 0 aromatic heterocycles. The van der Waals surface area contributed by atoms with Crippen LogP contribution in [-0.4, -0.2) is 44.3 Å². The van der Waals surface area contributed by atoms with Gasteiger partial charge >= 0.3 is 0 Å². The van der Waals surface area contributed by atoms with Crippen molar-refractivity contribution in [3.63, 3.8) is 0 Å². The average Bonchev–Trinajstić information content (AvgIpc) is 2.45. The summed E-state index contributed by atoms with van der Waals surface area (Å²) in [6.45, 7) is 10.1. The fourth-order valence-corrected chi connectivity index (χ4v) is 2.44. The lowest BCUT2D eigenvalue weighted by Gasteiger charge is -2.26. The minimum absolute atomic E-state index is 0.324. The third kappa shape index (κ3) is 7.28. The van der Waals surface area contributed by atoms with Crippen molar-refractivity contribution in [3.8, 4) is 0 Å². The molecule has 0 fully saturated rings. The second kappa shape index (κ2) is 10.2. The molecule has 1 atom stereocenters. The predicted octanol–water partition coefficient (Wildman–Crippen LogP) is 3.74. The van der Waals surface area contributed by atoms with E-state index < -0.39 is 0 Å². The molecule has 21 heavy (non-hydrogen) atoms. The molecule has 1 aromatic carbocycles. The molecule has 0 saturated heterocycles. The van der Waals surface area contributed by atoms with Crippen molar-refractivity contribution < 1.29 is 4.74 Å². The van der Waals surface area contributed by atoms with Gasteiger partial charge in [-0.25, -0.2) is 0 Å². The van der Waals surface area contributed by atoms with Crippen molar-refractivity contribution in [2.45, 2.75) is 39.3 Å². The van der Waals surface area contributed by atoms with Crippen LogP contribution in [0.3, 0.4) is 0 Å². The summed E-state index contributed by atoms with van der Waals surface area (Å²) in [6.07, 6.45) is 1.38. The number of hydrogen-bond donors (Lipinski definition) is 1. The molecule has 1 aromatic rings. The molecule has 0 heterocycles. The molecule has 0 amide bonds. The molecule has 3 nitrogen and oxygen atoms in total. The van der Waals surface area contributed by atoms with Gasteiger partial charge in [0, 0.05) is 30.8 Å². The maximum atomic E-state index is 6.25. The topological polar surface area (TPSA) is 24.5 Å². The van der Waals surface area contributed by atoms with Crippen LogP contribution >= 0.6 is 11.6 Å². The molecule has 1 unspecified atom stereocenters. The monoisotopic (exact) mass is 312 g/mol. The van der Waals surface area contributed by atoms with Gasteiger partial charge < -0.3 is 10.1 Å². The van der Waals surface area contributed by atoms with E-state index in [9.17, 15) is 0 Å². The lowest BCUT2D eigenvalue weighted by atomic mass is 10.1. The smallest absolute Gasteiger partial charge is 0.0518 e. The van der Waals surface area contributed by atoms with Crippen LogP contribution in [0.2, 0.25) is 5.02 Å². The molecule has 120 valence electrons. The number of rotatable bonds is 10. The molecular weight excluding hydrogens is 284 g/mol. The van der Waals surface area contributed by atoms with Gasteiger partial charge in [-0.3, -0.25) is 4.90 Å². The predicted molar refractivity (Wildman–Crippen MR) is 91.1 cm³/mol. The maximum absolute atomic E-state index is 6.25. The van der Waals surface area contributed by atoms with Crippen LogP contribution in [0.4, 0.5) is 0 Å². The highest BCUT2D eigenvalue weighted by molar-refractivity contribution is 6.31. The second-order valence-electron chi connectivity index (χ2n) is 5.70. The number of likely N-dealkylation sites (N-methyl/N-ethyl adjacent to an activating group) is 1. The number of hydrogen-bond acceptors (Lipinski definition) is 3. The van der Waals surface area contributed by atoms with Crippen LogP contribution < -0.4 is 5.32 Å². The average molecular weight is 313 g/mol. The molecule has 0 saturated carbocycles. The quantitative estimate of drug-likeness (QED) is 0.666. The van der Waals surface area contributed by atoms with Crippen molar-refractivity contribution >= 4 is 11.6 Å². The third-order valence-corrected chi connectivity index (χ3v) is 3.95. The molecular formula is C17H29ClN2O. The van der Waals surface area contributed by atoms with Crippen LogP contribution in [0, 0.1) is 0 Å². The fraction of sp³-hybridized carbons (Fsp3) is 0.647. The maximum Gasteiger partial charge on any atom is 0.0518 e. The van der Waals surface area contributed by atoms with E-state index in [4.69, 9.17) is 16.3 Å². The molecule has 1 rings (SSSR count). The zero-order chi connectivity index (χ0) is 15.7. The van der Waals surface area contributed by atoms with E-state index in [2.05, 4.69) is 44.1 Å². The van der Waals surface area contributed by atoms with Crippen LogP contribution in [0.15, 0.2) is 24.3 Å². The third-order valence-electron chi connectivity index (χ3n) is 3.61. The number of benzene rings is 1. The highest BCUT2D eigenvalue weighted by atomic mass is 35.5. The van der Waals surface area contributed by atoms with Crippen molar-refractivity contribution in [2.75, 3.05) is 33.3 Å². The van der Waals surface area contributed by atoms with Crippen molar-refractivity contribution in [3.05, 3.63) is 34.9 Å². The Labute approximate surface area is 134 Å². The van der Waals surface area contributed by atoms with E-state index in [-0.39, 0.29) is 0 Å². The Bertz CT molecular complexity index is 398. The lowest BCUT2D eigenvalue weighted by Crippen LogP contribution is -2.32. The first-order valence-corrected chi connectivity index (χ1v) is 8.17. The molecule has 0 spiro atoms. The molecule has 1 N–H and O–H groups in total. The normalized spacial score (nSPS) is 13.1. The lowest BCUT2D eigenvalue weighted by molar-refractivity contribution is 0.0770. The summed E-state index contributed by atoms with van der Waals surface area (Å²) in [5.74, 6) is 0. The van der Waals surface area contributed by atoms with E-state index in [1.54, 1.807) is 0 Å². The summed E-state index contributed by atoms with van der Waals surface area (Å²) in [6, 6.07) is 8.39. The summed E-state index contributed by atoms with van der Waals surface area (Å²) in [5, 5.41) is 4.30. The van der Waals surface area contributed by atoms with Gasteiger partial charge in [0.05, 0.1) is 6.10 Å². The summed E-state index contributed by atoms with van der Waals surface area (Å²) >= 11 is 6.25. The van der Waals surface area contributed by atoms with E-state index >= 15 is 0 Å². The Hall–Kier alpha value is -0.610. The first-order chi connectivity index (χ1) is 10.0.